The first-order valence-electron chi connectivity index (χ1n) is 18.3. The molecule has 0 radical (unpaired) electrons. The van der Waals surface area contributed by atoms with Crippen molar-refractivity contribution < 1.29 is 0 Å². The lowest BCUT2D eigenvalue weighted by Gasteiger charge is -2.14. The lowest BCUT2D eigenvalue weighted by molar-refractivity contribution is 1.18. The van der Waals surface area contributed by atoms with Crippen LogP contribution in [-0.4, -0.2) is 9.97 Å². The summed E-state index contributed by atoms with van der Waals surface area (Å²) in [6, 6.07) is 77.1. The van der Waals surface area contributed by atoms with E-state index in [1.165, 1.54) is 27.8 Å². The number of rotatable bonds is 8. The number of nitrogens with zero attached hydrogens (tertiary/aromatic N) is 2. The van der Waals surface area contributed by atoms with Gasteiger partial charge in [-0.3, -0.25) is 0 Å². The zero-order valence-electron chi connectivity index (χ0n) is 29.7. The van der Waals surface area contributed by atoms with Crippen molar-refractivity contribution in [3.63, 3.8) is 0 Å². The van der Waals surface area contributed by atoms with Gasteiger partial charge < -0.3 is 0 Å². The molecule has 0 bridgehead atoms. The molecule has 1 heterocycles. The normalized spacial score (nSPS) is 11.0. The maximum absolute atomic E-state index is 5.32. The van der Waals surface area contributed by atoms with Crippen LogP contribution in [0.2, 0.25) is 0 Å². The lowest BCUT2D eigenvalue weighted by Crippen LogP contribution is -1.97. The van der Waals surface area contributed by atoms with E-state index in [2.05, 4.69) is 212 Å². The van der Waals surface area contributed by atoms with Crippen LogP contribution in [0.5, 0.6) is 0 Å². The predicted octanol–water partition coefficient (Wildman–Crippen LogP) is 13.8. The molecule has 0 aliphatic carbocycles. The predicted molar refractivity (Wildman–Crippen MR) is 226 cm³/mol. The first kappa shape index (κ1) is 32.7. The minimum Gasteiger partial charge on any atom is -0.228 e. The van der Waals surface area contributed by atoms with Gasteiger partial charge in [-0.2, -0.15) is 0 Å². The molecule has 0 N–H and O–H groups in total. The molecule has 9 rings (SSSR count). The highest BCUT2D eigenvalue weighted by molar-refractivity contribution is 5.84. The van der Waals surface area contributed by atoms with Crippen molar-refractivity contribution >= 4 is 0 Å². The van der Waals surface area contributed by atoms with Gasteiger partial charge in [0.1, 0.15) is 0 Å². The Bertz CT molecular complexity index is 2580. The summed E-state index contributed by atoms with van der Waals surface area (Å²) in [5, 5.41) is 0. The Labute approximate surface area is 316 Å². The molecule has 0 spiro atoms. The molecule has 8 aromatic carbocycles. The highest BCUT2D eigenvalue weighted by atomic mass is 14.9. The smallest absolute Gasteiger partial charge is 0.160 e. The van der Waals surface area contributed by atoms with Crippen LogP contribution >= 0.6 is 0 Å². The van der Waals surface area contributed by atoms with Gasteiger partial charge in [-0.05, 0) is 98.1 Å². The summed E-state index contributed by atoms with van der Waals surface area (Å²) in [6.07, 6.45) is 0. The average Bonchev–Trinajstić information content (AvgIpc) is 3.27. The summed E-state index contributed by atoms with van der Waals surface area (Å²) in [5.74, 6) is 0.679. The third-order valence-corrected chi connectivity index (χ3v) is 9.86. The highest BCUT2D eigenvalue weighted by Crippen LogP contribution is 2.37. The Morgan fingerprint density at radius 2 is 0.463 bits per heavy atom. The van der Waals surface area contributed by atoms with Gasteiger partial charge in [-0.1, -0.05) is 176 Å². The van der Waals surface area contributed by atoms with Gasteiger partial charge in [-0.25, -0.2) is 9.97 Å². The Morgan fingerprint density at radius 3 is 0.889 bits per heavy atom. The monoisotopic (exact) mass is 688 g/mol. The molecule has 0 fully saturated rings. The Balaban J connectivity index is 1.24. The summed E-state index contributed by atoms with van der Waals surface area (Å²) in [4.78, 5) is 10.6. The molecule has 0 unspecified atom stereocenters. The fourth-order valence-electron chi connectivity index (χ4n) is 7.08. The highest BCUT2D eigenvalue weighted by Gasteiger charge is 2.15. The summed E-state index contributed by atoms with van der Waals surface area (Å²) in [6.45, 7) is 0. The molecule has 0 aliphatic heterocycles. The van der Waals surface area contributed by atoms with Crippen molar-refractivity contribution in [1.82, 2.24) is 9.97 Å². The van der Waals surface area contributed by atoms with E-state index in [9.17, 15) is 0 Å². The SMILES string of the molecule is c1ccc(-c2cccc(-c3cc(-c4cccc(-c5ccccc5)c4)cc(-c4nc(-c5ccccc5)cc(-c5cccc(-c6ccccc6)c5)n4)c3)c2)cc1. The largest absolute Gasteiger partial charge is 0.228 e. The van der Waals surface area contributed by atoms with E-state index in [4.69, 9.17) is 9.97 Å². The minimum atomic E-state index is 0.679. The Hall–Kier alpha value is -7.16. The molecular weight excluding hydrogens is 653 g/mol. The lowest BCUT2D eigenvalue weighted by atomic mass is 9.92. The molecule has 254 valence electrons. The van der Waals surface area contributed by atoms with Crippen LogP contribution < -0.4 is 0 Å². The first-order valence-corrected chi connectivity index (χ1v) is 18.3. The number of aromatic nitrogens is 2. The van der Waals surface area contributed by atoms with Crippen molar-refractivity contribution in [1.29, 1.82) is 0 Å². The second-order valence-corrected chi connectivity index (χ2v) is 13.5. The molecular formula is C52H36N2. The van der Waals surface area contributed by atoms with Crippen LogP contribution in [0.3, 0.4) is 0 Å². The summed E-state index contributed by atoms with van der Waals surface area (Å²) >= 11 is 0. The van der Waals surface area contributed by atoms with Crippen LogP contribution in [-0.2, 0) is 0 Å². The molecule has 0 saturated carbocycles. The molecule has 2 nitrogen and oxygen atoms in total. The van der Waals surface area contributed by atoms with Crippen LogP contribution in [0.4, 0.5) is 0 Å². The van der Waals surface area contributed by atoms with Crippen LogP contribution in [0, 0.1) is 0 Å². The molecule has 0 saturated heterocycles. The Kier molecular flexibility index (Phi) is 8.99. The summed E-state index contributed by atoms with van der Waals surface area (Å²) < 4.78 is 0. The molecule has 0 aliphatic rings. The van der Waals surface area contributed by atoms with Gasteiger partial charge >= 0.3 is 0 Å². The quantitative estimate of drug-likeness (QED) is 0.159. The van der Waals surface area contributed by atoms with E-state index in [1.54, 1.807) is 0 Å². The number of benzene rings is 8. The summed E-state index contributed by atoms with van der Waals surface area (Å²) in [5.41, 5.74) is 16.3. The maximum atomic E-state index is 5.32. The van der Waals surface area contributed by atoms with Gasteiger partial charge in [0.25, 0.3) is 0 Å². The molecule has 1 aromatic heterocycles. The number of hydrogen-bond donors (Lipinski definition) is 0. The van der Waals surface area contributed by atoms with Crippen molar-refractivity contribution in [3.8, 4) is 89.5 Å². The van der Waals surface area contributed by atoms with Crippen LogP contribution in [0.1, 0.15) is 0 Å². The van der Waals surface area contributed by atoms with Gasteiger partial charge in [0, 0.05) is 16.7 Å². The van der Waals surface area contributed by atoms with Crippen molar-refractivity contribution in [3.05, 3.63) is 218 Å². The van der Waals surface area contributed by atoms with E-state index in [0.29, 0.717) is 5.82 Å². The van der Waals surface area contributed by atoms with Crippen molar-refractivity contribution in [2.75, 3.05) is 0 Å². The van der Waals surface area contributed by atoms with Gasteiger partial charge in [-0.15, -0.1) is 0 Å². The van der Waals surface area contributed by atoms with Crippen LogP contribution in [0.25, 0.3) is 89.5 Å². The second kappa shape index (κ2) is 14.8. The number of hydrogen-bond acceptors (Lipinski definition) is 2. The second-order valence-electron chi connectivity index (χ2n) is 13.5. The van der Waals surface area contributed by atoms with E-state index in [-0.39, 0.29) is 0 Å². The third-order valence-electron chi connectivity index (χ3n) is 9.86. The average molecular weight is 689 g/mol. The van der Waals surface area contributed by atoms with E-state index in [1.807, 2.05) is 6.07 Å². The van der Waals surface area contributed by atoms with Crippen molar-refractivity contribution in [2.24, 2.45) is 0 Å². The zero-order chi connectivity index (χ0) is 36.1. The van der Waals surface area contributed by atoms with E-state index in [0.717, 1.165) is 55.9 Å². The van der Waals surface area contributed by atoms with Gasteiger partial charge in [0.05, 0.1) is 11.4 Å². The van der Waals surface area contributed by atoms with E-state index < -0.39 is 0 Å². The molecule has 0 amide bonds. The Morgan fingerprint density at radius 1 is 0.185 bits per heavy atom. The minimum absolute atomic E-state index is 0.679. The molecule has 2 heteroatoms. The maximum Gasteiger partial charge on any atom is 0.160 e. The van der Waals surface area contributed by atoms with Gasteiger partial charge in [0.2, 0.25) is 0 Å². The fourth-order valence-corrected chi connectivity index (χ4v) is 7.08. The first-order chi connectivity index (χ1) is 26.7. The van der Waals surface area contributed by atoms with E-state index >= 15 is 0 Å². The standard InChI is InChI=1S/C52H36N2/c1-5-16-37(17-6-1)41-24-13-27-44(30-41)47-33-48(45-28-14-25-42(31-45)38-18-7-2-8-19-38)35-49(34-47)52-53-50(40-22-11-4-12-23-40)36-51(54-52)46-29-15-26-43(32-46)39-20-9-3-10-21-39/h1-36H. The fraction of sp³-hybridized carbons (Fsp3) is 0. The summed E-state index contributed by atoms with van der Waals surface area (Å²) in [7, 11) is 0. The topological polar surface area (TPSA) is 25.8 Å². The molecule has 0 atom stereocenters. The van der Waals surface area contributed by atoms with Gasteiger partial charge in [0.15, 0.2) is 5.82 Å². The zero-order valence-corrected chi connectivity index (χ0v) is 29.7. The molecule has 9 aromatic rings. The third kappa shape index (κ3) is 7.01. The molecule has 54 heavy (non-hydrogen) atoms. The van der Waals surface area contributed by atoms with Crippen molar-refractivity contribution in [2.45, 2.75) is 0 Å². The van der Waals surface area contributed by atoms with Crippen LogP contribution in [0.15, 0.2) is 218 Å².